The van der Waals surface area contributed by atoms with Crippen molar-refractivity contribution in [1.29, 1.82) is 0 Å². The first kappa shape index (κ1) is 42.7. The van der Waals surface area contributed by atoms with E-state index in [1.54, 1.807) is 0 Å². The summed E-state index contributed by atoms with van der Waals surface area (Å²) in [5.74, 6) is 0. The first-order valence-corrected chi connectivity index (χ1v) is 21.9. The zero-order valence-corrected chi connectivity index (χ0v) is 37.1. The summed E-state index contributed by atoms with van der Waals surface area (Å²) in [5, 5.41) is 4.39. The van der Waals surface area contributed by atoms with Gasteiger partial charge in [0.05, 0.1) is 11.1 Å². The van der Waals surface area contributed by atoms with Gasteiger partial charge in [-0.25, -0.2) is 0 Å². The lowest BCUT2D eigenvalue weighted by Gasteiger charge is -2.27. The third-order valence-electron chi connectivity index (χ3n) is 11.8. The largest absolute Gasteiger partial charge is 0.455 e. The van der Waals surface area contributed by atoms with Crippen molar-refractivity contribution >= 4 is 50.5 Å². The molecule has 8 aromatic rings. The van der Waals surface area contributed by atoms with Crippen molar-refractivity contribution in [3.8, 4) is 33.4 Å². The number of para-hydroxylation sites is 1. The van der Waals surface area contributed by atoms with Gasteiger partial charge >= 0.3 is 0 Å². The molecule has 0 aliphatic rings. The van der Waals surface area contributed by atoms with E-state index in [1.165, 1.54) is 22.3 Å². The van der Waals surface area contributed by atoms with Gasteiger partial charge in [-0.3, -0.25) is 0 Å². The third-order valence-corrected chi connectivity index (χ3v) is 11.8. The SMILES string of the molecule is C=C/C=c1/cccc/c1=C(C)\C(C=C)=C\C=C(/C)N(c1ccc(-c2ccc(-c3ccccc3)c(/C(C)=C/C=C\C=C/C)c2)cc1)c1ccc(-c2ccccc2)c2oc3ccccc3c12. The number of furan rings is 1. The third kappa shape index (κ3) is 9.00. The summed E-state index contributed by atoms with van der Waals surface area (Å²) < 4.78 is 6.76. The number of hydrogen-bond donors (Lipinski definition) is 0. The molecule has 0 saturated carbocycles. The fourth-order valence-electron chi connectivity index (χ4n) is 8.46. The van der Waals surface area contributed by atoms with Crippen molar-refractivity contribution < 1.29 is 4.42 Å². The summed E-state index contributed by atoms with van der Waals surface area (Å²) in [6, 6.07) is 58.1. The van der Waals surface area contributed by atoms with E-state index >= 15 is 0 Å². The molecule has 0 atom stereocenters. The van der Waals surface area contributed by atoms with E-state index in [0.717, 1.165) is 82.8 Å². The Morgan fingerprint density at radius 2 is 1.23 bits per heavy atom. The topological polar surface area (TPSA) is 16.4 Å². The minimum Gasteiger partial charge on any atom is -0.455 e. The van der Waals surface area contributed by atoms with Gasteiger partial charge in [0.15, 0.2) is 0 Å². The molecular weight excluding hydrogens is 775 g/mol. The van der Waals surface area contributed by atoms with E-state index in [2.05, 4.69) is 227 Å². The van der Waals surface area contributed by atoms with Crippen molar-refractivity contribution in [2.75, 3.05) is 4.90 Å². The smallest absolute Gasteiger partial charge is 0.145 e. The van der Waals surface area contributed by atoms with Gasteiger partial charge in [0, 0.05) is 22.3 Å². The second-order valence-electron chi connectivity index (χ2n) is 15.8. The molecule has 2 nitrogen and oxygen atoms in total. The zero-order valence-electron chi connectivity index (χ0n) is 37.1. The summed E-state index contributed by atoms with van der Waals surface area (Å²) >= 11 is 0. The van der Waals surface area contributed by atoms with Crippen molar-refractivity contribution in [1.82, 2.24) is 0 Å². The molecule has 64 heavy (non-hydrogen) atoms. The molecule has 0 fully saturated rings. The van der Waals surface area contributed by atoms with Gasteiger partial charge in [-0.05, 0) is 131 Å². The van der Waals surface area contributed by atoms with Crippen molar-refractivity contribution in [3.63, 3.8) is 0 Å². The van der Waals surface area contributed by atoms with Crippen LogP contribution in [0.5, 0.6) is 0 Å². The van der Waals surface area contributed by atoms with E-state index in [0.29, 0.717) is 0 Å². The predicted octanol–water partition coefficient (Wildman–Crippen LogP) is 16.1. The maximum atomic E-state index is 6.76. The van der Waals surface area contributed by atoms with Crippen molar-refractivity contribution in [3.05, 3.63) is 259 Å². The first-order chi connectivity index (χ1) is 31.4. The molecule has 312 valence electrons. The van der Waals surface area contributed by atoms with Gasteiger partial charge in [-0.2, -0.15) is 0 Å². The Kier molecular flexibility index (Phi) is 13.2. The monoisotopic (exact) mass is 827 g/mol. The maximum absolute atomic E-state index is 6.76. The van der Waals surface area contributed by atoms with Gasteiger partial charge in [-0.1, -0.05) is 195 Å². The van der Waals surface area contributed by atoms with Crippen LogP contribution in [0.2, 0.25) is 0 Å². The average molecular weight is 828 g/mol. The van der Waals surface area contributed by atoms with E-state index in [4.69, 9.17) is 4.42 Å². The summed E-state index contributed by atoms with van der Waals surface area (Å²) in [7, 11) is 0. The van der Waals surface area contributed by atoms with Gasteiger partial charge < -0.3 is 9.32 Å². The van der Waals surface area contributed by atoms with E-state index in [9.17, 15) is 0 Å². The van der Waals surface area contributed by atoms with E-state index < -0.39 is 0 Å². The molecule has 2 heteroatoms. The van der Waals surface area contributed by atoms with Crippen LogP contribution in [0.3, 0.4) is 0 Å². The number of hydrogen-bond acceptors (Lipinski definition) is 2. The van der Waals surface area contributed by atoms with E-state index in [-0.39, 0.29) is 0 Å². The van der Waals surface area contributed by atoms with Crippen LogP contribution < -0.4 is 15.3 Å². The molecule has 0 saturated heterocycles. The minimum atomic E-state index is 0.851. The zero-order chi connectivity index (χ0) is 44.4. The minimum absolute atomic E-state index is 0.851. The molecule has 1 aromatic heterocycles. The molecular formula is C62H53NO. The molecule has 0 spiro atoms. The summed E-state index contributed by atoms with van der Waals surface area (Å²) in [5.41, 5.74) is 16.2. The van der Waals surface area contributed by atoms with Crippen molar-refractivity contribution in [2.45, 2.75) is 27.7 Å². The number of benzene rings is 7. The number of allylic oxidation sites excluding steroid dienone is 12. The molecule has 0 aliphatic carbocycles. The molecule has 8 rings (SSSR count). The van der Waals surface area contributed by atoms with Crippen LogP contribution in [0.15, 0.2) is 247 Å². The van der Waals surface area contributed by atoms with Gasteiger partial charge in [0.1, 0.15) is 11.2 Å². The highest BCUT2D eigenvalue weighted by Gasteiger charge is 2.22. The second kappa shape index (κ2) is 19.8. The number of fused-ring (bicyclic) bond motifs is 3. The number of rotatable bonds is 13. The Balaban J connectivity index is 1.30. The quantitative estimate of drug-likeness (QED) is 0.108. The Hall–Kier alpha value is -7.94. The van der Waals surface area contributed by atoms with Crippen LogP contribution in [-0.2, 0) is 0 Å². The number of anilines is 2. The summed E-state index contributed by atoms with van der Waals surface area (Å²) in [4.78, 5) is 2.35. The standard InChI is InChI=1S/C62H53NO/c1-7-10-11-14-24-44(4)58-43-52(37-40-55(58)50-25-15-12-16-26-50)48-35-38-53(39-36-48)63(45(5)33-34-47(9-3)46(6)54-30-20-19-29-49(54)23-8-2)59-42-41-56(51-27-17-13-18-28-51)62-61(59)57-31-21-22-32-60(57)64-62/h7-43H,2-3H2,1,4-6H3/b10-7-,14-11-,44-24+,45-33+,47-34+,49-23-,54-46+. The normalized spacial score (nSPS) is 13.3. The highest BCUT2D eigenvalue weighted by atomic mass is 16.3. The van der Waals surface area contributed by atoms with Crippen molar-refractivity contribution in [2.24, 2.45) is 0 Å². The Bertz CT molecular complexity index is 3260. The second-order valence-corrected chi connectivity index (χ2v) is 15.8. The Labute approximate surface area is 378 Å². The summed E-state index contributed by atoms with van der Waals surface area (Å²) in [6.45, 7) is 16.7. The number of nitrogens with zero attached hydrogens (tertiary/aromatic N) is 1. The van der Waals surface area contributed by atoms with Crippen LogP contribution in [0.25, 0.3) is 72.5 Å². The molecule has 0 amide bonds. The lowest BCUT2D eigenvalue weighted by molar-refractivity contribution is 0.670. The maximum Gasteiger partial charge on any atom is 0.145 e. The van der Waals surface area contributed by atoms with Gasteiger partial charge in [0.2, 0.25) is 0 Å². The predicted molar refractivity (Wildman–Crippen MR) is 278 cm³/mol. The average Bonchev–Trinajstić information content (AvgIpc) is 3.74. The van der Waals surface area contributed by atoms with E-state index in [1.807, 2.05) is 43.4 Å². The Morgan fingerprint density at radius 1 is 0.578 bits per heavy atom. The van der Waals surface area contributed by atoms with Crippen LogP contribution in [-0.4, -0.2) is 0 Å². The summed E-state index contributed by atoms with van der Waals surface area (Å²) in [6.07, 6.45) is 20.6. The fraction of sp³-hybridized carbons (Fsp3) is 0.0645. The molecule has 0 radical (unpaired) electrons. The molecule has 0 bridgehead atoms. The Morgan fingerprint density at radius 3 is 1.95 bits per heavy atom. The molecule has 0 unspecified atom stereocenters. The van der Waals surface area contributed by atoms with Gasteiger partial charge in [-0.15, -0.1) is 0 Å². The molecule has 1 heterocycles. The lowest BCUT2D eigenvalue weighted by Crippen LogP contribution is -2.26. The van der Waals surface area contributed by atoms with Crippen LogP contribution in [0.1, 0.15) is 33.3 Å². The van der Waals surface area contributed by atoms with Gasteiger partial charge in [0.25, 0.3) is 0 Å². The molecule has 0 N–H and O–H groups in total. The highest BCUT2D eigenvalue weighted by Crippen LogP contribution is 2.45. The van der Waals surface area contributed by atoms with Crippen LogP contribution in [0, 0.1) is 0 Å². The van der Waals surface area contributed by atoms with Crippen LogP contribution >= 0.6 is 0 Å². The molecule has 0 aliphatic heterocycles. The fourth-order valence-corrected chi connectivity index (χ4v) is 8.46. The molecule has 7 aromatic carbocycles. The van der Waals surface area contributed by atoms with Crippen LogP contribution in [0.4, 0.5) is 11.4 Å². The first-order valence-electron chi connectivity index (χ1n) is 21.9. The highest BCUT2D eigenvalue weighted by molar-refractivity contribution is 6.16. The lowest BCUT2D eigenvalue weighted by atomic mass is 9.91.